The van der Waals surface area contributed by atoms with Gasteiger partial charge in [0, 0.05) is 12.1 Å². The number of nitrogens with zero attached hydrogens (tertiary/aromatic N) is 2. The summed E-state index contributed by atoms with van der Waals surface area (Å²) in [5.41, 5.74) is 2.97. The van der Waals surface area contributed by atoms with Crippen molar-refractivity contribution in [1.82, 2.24) is 8.96 Å². The van der Waals surface area contributed by atoms with Crippen LogP contribution in [0.25, 0.3) is 11.0 Å². The van der Waals surface area contributed by atoms with Crippen molar-refractivity contribution in [1.29, 1.82) is 0 Å². The van der Waals surface area contributed by atoms with E-state index in [0.29, 0.717) is 23.1 Å². The van der Waals surface area contributed by atoms with Crippen LogP contribution in [0.3, 0.4) is 0 Å². The van der Waals surface area contributed by atoms with Crippen molar-refractivity contribution >= 4 is 41.1 Å². The Kier molecular flexibility index (Phi) is 8.40. The molecule has 4 aromatic rings. The predicted octanol–water partition coefficient (Wildman–Crippen LogP) is 7.18. The summed E-state index contributed by atoms with van der Waals surface area (Å²) in [6, 6.07) is 24.2. The molecule has 40 heavy (non-hydrogen) atoms. The van der Waals surface area contributed by atoms with Gasteiger partial charge in [-0.15, -0.1) is 0 Å². The van der Waals surface area contributed by atoms with Gasteiger partial charge in [-0.25, -0.2) is 17.4 Å². The molecular formula is C31H39N3O4SSi. The van der Waals surface area contributed by atoms with Gasteiger partial charge >= 0.3 is 0 Å². The van der Waals surface area contributed by atoms with Crippen LogP contribution in [0.2, 0.25) is 18.1 Å². The molecule has 1 N–H and O–H groups in total. The minimum absolute atomic E-state index is 0.104. The second-order valence-electron chi connectivity index (χ2n) is 11.9. The molecule has 0 spiro atoms. The first-order chi connectivity index (χ1) is 18.7. The number of imidazole rings is 1. The summed E-state index contributed by atoms with van der Waals surface area (Å²) in [5, 5.41) is 2.40. The number of hydrogen-bond acceptors (Lipinski definition) is 6. The highest BCUT2D eigenvalue weighted by atomic mass is 32.2. The quantitative estimate of drug-likeness (QED) is 0.159. The highest BCUT2D eigenvalue weighted by Crippen LogP contribution is 2.40. The SMILES string of the molecule is CC(C)S(=O)(=O)n1c(NCc2ccccc2)nc2ccc(C(=O)C(O[Si](C)(C)C(C)(C)C)c3ccccc3)cc21. The number of carbonyl (C=O) groups excluding carboxylic acids is 1. The molecule has 1 aromatic heterocycles. The average molecular weight is 578 g/mol. The largest absolute Gasteiger partial charge is 0.403 e. The smallest absolute Gasteiger partial charge is 0.244 e. The molecule has 1 unspecified atom stereocenters. The standard InChI is InChI=1S/C31H39N3O4SSi/c1-22(2)39(36,37)34-27-20-25(18-19-26(27)33-30(34)32-21-23-14-10-8-11-15-23)28(35)29(24-16-12-9-13-17-24)38-40(6,7)31(3,4)5/h8-20,22,29H,21H2,1-7H3,(H,32,33). The van der Waals surface area contributed by atoms with Gasteiger partial charge in [-0.3, -0.25) is 4.79 Å². The molecule has 3 aromatic carbocycles. The third kappa shape index (κ3) is 6.06. The highest BCUT2D eigenvalue weighted by molar-refractivity contribution is 7.90. The van der Waals surface area contributed by atoms with Crippen LogP contribution in [0.5, 0.6) is 0 Å². The number of Topliss-reactive ketones (excluding diaryl/α,β-unsaturated/α-hetero) is 1. The van der Waals surface area contributed by atoms with E-state index in [1.165, 1.54) is 3.97 Å². The third-order valence-electron chi connectivity index (χ3n) is 7.60. The Hall–Kier alpha value is -3.27. The van der Waals surface area contributed by atoms with Crippen molar-refractivity contribution in [3.05, 3.63) is 95.6 Å². The van der Waals surface area contributed by atoms with Gasteiger partial charge in [-0.05, 0) is 61.3 Å². The molecule has 9 heteroatoms. The fourth-order valence-electron chi connectivity index (χ4n) is 4.09. The van der Waals surface area contributed by atoms with Crippen molar-refractivity contribution < 1.29 is 17.6 Å². The number of hydrogen-bond donors (Lipinski definition) is 1. The van der Waals surface area contributed by atoms with Crippen molar-refractivity contribution in [2.75, 3.05) is 5.32 Å². The van der Waals surface area contributed by atoms with Crippen molar-refractivity contribution in [2.24, 2.45) is 0 Å². The first-order valence-corrected chi connectivity index (χ1v) is 18.0. The van der Waals surface area contributed by atoms with Crippen molar-refractivity contribution in [3.8, 4) is 0 Å². The Morgan fingerprint density at radius 2 is 1.57 bits per heavy atom. The molecule has 0 amide bonds. The maximum absolute atomic E-state index is 14.1. The summed E-state index contributed by atoms with van der Waals surface area (Å²) >= 11 is 0. The molecule has 1 atom stereocenters. The highest BCUT2D eigenvalue weighted by Gasteiger charge is 2.41. The monoisotopic (exact) mass is 577 g/mol. The first-order valence-electron chi connectivity index (χ1n) is 13.5. The van der Waals surface area contributed by atoms with E-state index in [4.69, 9.17) is 4.43 Å². The van der Waals surface area contributed by atoms with Gasteiger partial charge in [-0.2, -0.15) is 0 Å². The van der Waals surface area contributed by atoms with E-state index in [9.17, 15) is 13.2 Å². The number of ketones is 1. The molecule has 0 aliphatic rings. The average Bonchev–Trinajstić information content (AvgIpc) is 3.29. The molecule has 0 bridgehead atoms. The van der Waals surface area contributed by atoms with Gasteiger partial charge in [0.25, 0.3) is 0 Å². The Morgan fingerprint density at radius 1 is 0.975 bits per heavy atom. The third-order valence-corrected chi connectivity index (χ3v) is 14.1. The lowest BCUT2D eigenvalue weighted by Gasteiger charge is -2.39. The van der Waals surface area contributed by atoms with Crippen LogP contribution in [-0.4, -0.2) is 36.7 Å². The van der Waals surface area contributed by atoms with Crippen LogP contribution in [0, 0.1) is 0 Å². The normalized spacial score (nSPS) is 13.5. The minimum Gasteiger partial charge on any atom is -0.403 e. The number of anilines is 1. The molecule has 0 aliphatic carbocycles. The lowest BCUT2D eigenvalue weighted by molar-refractivity contribution is 0.0767. The van der Waals surface area contributed by atoms with E-state index in [1.807, 2.05) is 60.7 Å². The van der Waals surface area contributed by atoms with Gasteiger partial charge in [0.2, 0.25) is 16.0 Å². The summed E-state index contributed by atoms with van der Waals surface area (Å²) in [5.74, 6) is 0.000648. The first kappa shape index (κ1) is 29.7. The van der Waals surface area contributed by atoms with Crippen LogP contribution < -0.4 is 5.32 Å². The van der Waals surface area contributed by atoms with Crippen LogP contribution in [0.1, 0.15) is 62.2 Å². The van der Waals surface area contributed by atoms with E-state index in [2.05, 4.69) is 44.2 Å². The Balaban J connectivity index is 1.81. The number of fused-ring (bicyclic) bond motifs is 1. The topological polar surface area (TPSA) is 90.3 Å². The summed E-state index contributed by atoms with van der Waals surface area (Å²) in [7, 11) is -6.14. The predicted molar refractivity (Wildman–Crippen MR) is 165 cm³/mol. The molecule has 7 nitrogen and oxygen atoms in total. The van der Waals surface area contributed by atoms with E-state index in [0.717, 1.165) is 11.1 Å². The molecule has 212 valence electrons. The molecule has 0 saturated carbocycles. The summed E-state index contributed by atoms with van der Waals surface area (Å²) in [6.45, 7) is 14.3. The molecule has 0 aliphatic heterocycles. The zero-order valence-corrected chi connectivity index (χ0v) is 26.1. The number of rotatable bonds is 10. The van der Waals surface area contributed by atoms with Crippen LogP contribution in [0.4, 0.5) is 5.95 Å². The lowest BCUT2D eigenvalue weighted by atomic mass is 10.00. The minimum atomic E-state index is -3.80. The van der Waals surface area contributed by atoms with E-state index >= 15 is 0 Å². The second kappa shape index (κ2) is 11.3. The Morgan fingerprint density at radius 3 is 2.15 bits per heavy atom. The summed E-state index contributed by atoms with van der Waals surface area (Å²) in [6.07, 6.45) is -0.812. The van der Waals surface area contributed by atoms with E-state index in [-0.39, 0.29) is 16.8 Å². The maximum Gasteiger partial charge on any atom is 0.244 e. The number of nitrogens with one attached hydrogen (secondary N) is 1. The summed E-state index contributed by atoms with van der Waals surface area (Å²) < 4.78 is 35.0. The van der Waals surface area contributed by atoms with Crippen LogP contribution in [-0.2, 0) is 21.0 Å². The van der Waals surface area contributed by atoms with Gasteiger partial charge in [0.15, 0.2) is 14.1 Å². The second-order valence-corrected chi connectivity index (χ2v) is 19.0. The lowest BCUT2D eigenvalue weighted by Crippen LogP contribution is -2.43. The van der Waals surface area contributed by atoms with Gasteiger partial charge < -0.3 is 9.74 Å². The zero-order chi connectivity index (χ0) is 29.3. The van der Waals surface area contributed by atoms with Crippen molar-refractivity contribution in [3.63, 3.8) is 0 Å². The molecular weight excluding hydrogens is 539 g/mol. The number of benzene rings is 3. The molecule has 4 rings (SSSR count). The van der Waals surface area contributed by atoms with Gasteiger partial charge in [0.05, 0.1) is 16.3 Å². The fourth-order valence-corrected chi connectivity index (χ4v) is 6.46. The van der Waals surface area contributed by atoms with Gasteiger partial charge in [-0.1, -0.05) is 81.4 Å². The van der Waals surface area contributed by atoms with Crippen LogP contribution >= 0.6 is 0 Å². The molecule has 0 radical (unpaired) electrons. The fraction of sp³-hybridized carbons (Fsp3) is 0.355. The summed E-state index contributed by atoms with van der Waals surface area (Å²) in [4.78, 5) is 18.7. The van der Waals surface area contributed by atoms with Crippen molar-refractivity contribution in [2.45, 2.75) is 70.6 Å². The zero-order valence-electron chi connectivity index (χ0n) is 24.3. The molecule has 1 heterocycles. The Labute approximate surface area is 238 Å². The van der Waals surface area contributed by atoms with E-state index < -0.39 is 29.7 Å². The van der Waals surface area contributed by atoms with Crippen LogP contribution in [0.15, 0.2) is 78.9 Å². The molecule has 0 fully saturated rings. The van der Waals surface area contributed by atoms with Gasteiger partial charge in [0.1, 0.15) is 6.10 Å². The number of carbonyl (C=O) groups is 1. The Bertz CT molecular complexity index is 1590. The number of aromatic nitrogens is 2. The van der Waals surface area contributed by atoms with E-state index in [1.54, 1.807) is 32.0 Å². The maximum atomic E-state index is 14.1. The molecule has 0 saturated heterocycles.